The molecule has 0 saturated heterocycles. The fourth-order valence-electron chi connectivity index (χ4n) is 11.4. The van der Waals surface area contributed by atoms with Gasteiger partial charge in [-0.2, -0.15) is 0 Å². The Labute approximate surface area is 215 Å². The Morgan fingerprint density at radius 3 is 1.65 bits per heavy atom. The summed E-state index contributed by atoms with van der Waals surface area (Å²) < 4.78 is 0. The maximum absolute atomic E-state index is 2.57. The second kappa shape index (κ2) is 8.79. The van der Waals surface area contributed by atoms with E-state index in [1.54, 1.807) is 6.42 Å². The van der Waals surface area contributed by atoms with E-state index in [1.165, 1.54) is 44.9 Å². The normalized spacial score (nSPS) is 48.4. The first-order valence-electron chi connectivity index (χ1n) is 15.6. The van der Waals surface area contributed by atoms with E-state index in [2.05, 4.69) is 83.1 Å². The van der Waals surface area contributed by atoms with Crippen LogP contribution < -0.4 is 0 Å². The minimum absolute atomic E-state index is 0.544. The molecule has 0 aromatic heterocycles. The van der Waals surface area contributed by atoms with E-state index in [4.69, 9.17) is 0 Å². The van der Waals surface area contributed by atoms with E-state index in [-0.39, 0.29) is 0 Å². The Morgan fingerprint density at radius 2 is 1.09 bits per heavy atom. The standard InChI is InChI=1S/C18H32.C16H30/c1-7-8-12-9-11(2)15-13-10-14(16(12)15)18(5,6)17(13,3)4;1-7-8-12-9-11(2)13-10-15(3,4)16(5,6)14(12)13/h11-16H,7-10H2,1-6H3;11-14H,7-10H2,1-6H3. The molecule has 0 aliphatic heterocycles. The van der Waals surface area contributed by atoms with Crippen LogP contribution in [0.25, 0.3) is 0 Å². The van der Waals surface area contributed by atoms with Crippen LogP contribution in [0, 0.1) is 80.8 Å². The van der Waals surface area contributed by atoms with Crippen LogP contribution in [0.2, 0.25) is 0 Å². The molecule has 0 heterocycles. The average Bonchev–Trinajstić information content (AvgIpc) is 3.43. The summed E-state index contributed by atoms with van der Waals surface area (Å²) in [5.41, 5.74) is 2.22. The van der Waals surface area contributed by atoms with Crippen molar-refractivity contribution in [1.29, 1.82) is 0 Å². The summed E-state index contributed by atoms with van der Waals surface area (Å²) in [7, 11) is 0. The van der Waals surface area contributed by atoms with Crippen LogP contribution >= 0.6 is 0 Å². The van der Waals surface area contributed by atoms with Gasteiger partial charge in [0.1, 0.15) is 0 Å². The molecule has 5 rings (SSSR count). The van der Waals surface area contributed by atoms with Gasteiger partial charge in [0.2, 0.25) is 0 Å². The summed E-state index contributed by atoms with van der Waals surface area (Å²) in [6.07, 6.45) is 11.8. The Hall–Kier alpha value is 0. The second-order valence-electron chi connectivity index (χ2n) is 16.6. The maximum Gasteiger partial charge on any atom is -0.0269 e. The Morgan fingerprint density at radius 1 is 0.588 bits per heavy atom. The van der Waals surface area contributed by atoms with E-state index in [0.717, 1.165) is 59.2 Å². The molecule has 0 amide bonds. The maximum atomic E-state index is 2.57. The minimum Gasteiger partial charge on any atom is -0.0654 e. The van der Waals surface area contributed by atoms with Gasteiger partial charge in [-0.3, -0.25) is 0 Å². The van der Waals surface area contributed by atoms with Gasteiger partial charge in [-0.25, -0.2) is 0 Å². The average molecular weight is 471 g/mol. The van der Waals surface area contributed by atoms with Crippen LogP contribution in [0.4, 0.5) is 0 Å². The molecular formula is C34H62. The zero-order valence-corrected chi connectivity index (χ0v) is 25.4. The third-order valence-corrected chi connectivity index (χ3v) is 14.3. The first kappa shape index (κ1) is 27.0. The van der Waals surface area contributed by atoms with Crippen LogP contribution in [0.1, 0.15) is 134 Å². The molecule has 198 valence electrons. The van der Waals surface area contributed by atoms with Gasteiger partial charge in [-0.05, 0) is 107 Å². The van der Waals surface area contributed by atoms with Gasteiger partial charge < -0.3 is 0 Å². The molecule has 0 spiro atoms. The van der Waals surface area contributed by atoms with Crippen molar-refractivity contribution >= 4 is 0 Å². The quantitative estimate of drug-likeness (QED) is 0.383. The first-order valence-corrected chi connectivity index (χ1v) is 15.6. The van der Waals surface area contributed by atoms with E-state index in [9.17, 15) is 0 Å². The molecule has 34 heavy (non-hydrogen) atoms. The molecule has 5 aliphatic carbocycles. The van der Waals surface area contributed by atoms with Gasteiger partial charge in [-0.1, -0.05) is 109 Å². The summed E-state index contributed by atoms with van der Waals surface area (Å²) in [4.78, 5) is 0. The lowest BCUT2D eigenvalue weighted by Gasteiger charge is -2.52. The highest BCUT2D eigenvalue weighted by molar-refractivity contribution is 5.17. The van der Waals surface area contributed by atoms with Crippen LogP contribution in [-0.2, 0) is 0 Å². The van der Waals surface area contributed by atoms with Crippen LogP contribution in [0.15, 0.2) is 0 Å². The van der Waals surface area contributed by atoms with Crippen molar-refractivity contribution in [3.05, 3.63) is 0 Å². The van der Waals surface area contributed by atoms with Crippen molar-refractivity contribution < 1.29 is 0 Å². The highest BCUT2D eigenvalue weighted by Gasteiger charge is 2.68. The van der Waals surface area contributed by atoms with Gasteiger partial charge in [0.05, 0.1) is 0 Å². The summed E-state index contributed by atoms with van der Waals surface area (Å²) in [6.45, 7) is 30.1. The van der Waals surface area contributed by atoms with Gasteiger partial charge in [-0.15, -0.1) is 0 Å². The lowest BCUT2D eigenvalue weighted by Crippen LogP contribution is -2.46. The van der Waals surface area contributed by atoms with E-state index in [0.29, 0.717) is 21.7 Å². The molecule has 0 heteroatoms. The van der Waals surface area contributed by atoms with Gasteiger partial charge >= 0.3 is 0 Å². The third-order valence-electron chi connectivity index (χ3n) is 14.3. The third kappa shape index (κ3) is 3.71. The Balaban J connectivity index is 0.000000162. The lowest BCUT2D eigenvalue weighted by molar-refractivity contribution is -0.0390. The highest BCUT2D eigenvalue weighted by Crippen LogP contribution is 2.75. The molecular weight excluding hydrogens is 408 g/mol. The number of hydrogen-bond donors (Lipinski definition) is 0. The topological polar surface area (TPSA) is 0 Å². The molecule has 0 N–H and O–H groups in total. The Bertz CT molecular complexity index is 722. The number of rotatable bonds is 4. The largest absolute Gasteiger partial charge is 0.0654 e. The molecule has 5 aliphatic rings. The molecule has 2 bridgehead atoms. The van der Waals surface area contributed by atoms with E-state index < -0.39 is 0 Å². The first-order chi connectivity index (χ1) is 15.6. The van der Waals surface area contributed by atoms with Crippen molar-refractivity contribution in [1.82, 2.24) is 0 Å². The molecule has 0 nitrogen and oxygen atoms in total. The molecule has 10 atom stereocenters. The van der Waals surface area contributed by atoms with Gasteiger partial charge in [0, 0.05) is 0 Å². The molecule has 5 fully saturated rings. The Kier molecular flexibility index (Phi) is 6.99. The van der Waals surface area contributed by atoms with Gasteiger partial charge in [0.15, 0.2) is 0 Å². The van der Waals surface area contributed by atoms with E-state index >= 15 is 0 Å². The fourth-order valence-corrected chi connectivity index (χ4v) is 11.4. The van der Waals surface area contributed by atoms with Crippen molar-refractivity contribution in [2.45, 2.75) is 134 Å². The summed E-state index contributed by atoms with van der Waals surface area (Å²) in [6, 6.07) is 0. The van der Waals surface area contributed by atoms with Crippen molar-refractivity contribution in [3.63, 3.8) is 0 Å². The molecule has 10 unspecified atom stereocenters. The van der Waals surface area contributed by atoms with Crippen molar-refractivity contribution in [2.24, 2.45) is 80.8 Å². The minimum atomic E-state index is 0.544. The molecule has 0 aromatic carbocycles. The molecule has 0 aromatic rings. The number of hydrogen-bond acceptors (Lipinski definition) is 0. The zero-order chi connectivity index (χ0) is 25.4. The SMILES string of the molecule is CCCC1CC(C)C2C1C1CC2C(C)(C)C1(C)C.CCCC1CC(C)C2CC(C)(C)C(C)(C)C12. The van der Waals surface area contributed by atoms with Gasteiger partial charge in [0.25, 0.3) is 0 Å². The van der Waals surface area contributed by atoms with Crippen molar-refractivity contribution in [2.75, 3.05) is 0 Å². The van der Waals surface area contributed by atoms with E-state index in [1.807, 2.05) is 0 Å². The monoisotopic (exact) mass is 470 g/mol. The lowest BCUT2D eigenvalue weighted by atomic mass is 9.53. The second-order valence-corrected chi connectivity index (χ2v) is 16.6. The predicted octanol–water partition coefficient (Wildman–Crippen LogP) is 10.5. The van der Waals surface area contributed by atoms with Crippen molar-refractivity contribution in [3.8, 4) is 0 Å². The molecule has 0 radical (unpaired) electrons. The van der Waals surface area contributed by atoms with Crippen LogP contribution in [-0.4, -0.2) is 0 Å². The van der Waals surface area contributed by atoms with Crippen LogP contribution in [0.3, 0.4) is 0 Å². The summed E-state index contributed by atoms with van der Waals surface area (Å²) in [5, 5.41) is 0. The molecule has 5 saturated carbocycles. The van der Waals surface area contributed by atoms with Crippen LogP contribution in [0.5, 0.6) is 0 Å². The number of fused-ring (bicyclic) bond motifs is 6. The fraction of sp³-hybridized carbons (Fsp3) is 1.00. The zero-order valence-electron chi connectivity index (χ0n) is 25.4. The highest BCUT2D eigenvalue weighted by atomic mass is 14.7. The summed E-state index contributed by atoms with van der Waals surface area (Å²) >= 11 is 0. The predicted molar refractivity (Wildman–Crippen MR) is 150 cm³/mol. The summed E-state index contributed by atoms with van der Waals surface area (Å²) in [5.74, 6) is 10.2. The smallest absolute Gasteiger partial charge is 0.0269 e.